The number of carbonyl (C=O) groups excluding carboxylic acids is 2. The molecule has 5 heteroatoms. The van der Waals surface area contributed by atoms with E-state index < -0.39 is 0 Å². The fraction of sp³-hybridized carbons (Fsp3) is 0.364. The predicted octanol–water partition coefficient (Wildman–Crippen LogP) is 4.20. The number of para-hydroxylation sites is 3. The first kappa shape index (κ1) is 20.5. The van der Waals surface area contributed by atoms with Gasteiger partial charge in [0.2, 0.25) is 11.8 Å². The van der Waals surface area contributed by atoms with Gasteiger partial charge in [-0.3, -0.25) is 9.59 Å². The number of hydrogen-bond donors (Lipinski definition) is 1. The molecule has 0 atom stereocenters. The zero-order chi connectivity index (χ0) is 19.8. The highest BCUT2D eigenvalue weighted by Crippen LogP contribution is 2.28. The highest BCUT2D eigenvalue weighted by molar-refractivity contribution is 5.96. The SMILES string of the molecule is CCc1cccc(CC)c1NC(=O)CCN(C(C)=O)c1ccccc1OC. The molecule has 0 saturated carbocycles. The molecule has 0 radical (unpaired) electrons. The van der Waals surface area contributed by atoms with E-state index in [0.717, 1.165) is 29.7 Å². The number of anilines is 2. The van der Waals surface area contributed by atoms with Crippen LogP contribution in [0, 0.1) is 0 Å². The molecular weight excluding hydrogens is 340 g/mol. The fourth-order valence-corrected chi connectivity index (χ4v) is 3.12. The maximum atomic E-state index is 12.6. The summed E-state index contributed by atoms with van der Waals surface area (Å²) in [5, 5.41) is 3.05. The van der Waals surface area contributed by atoms with Crippen molar-refractivity contribution in [2.24, 2.45) is 0 Å². The minimum absolute atomic E-state index is 0.105. The Morgan fingerprint density at radius 2 is 1.63 bits per heavy atom. The van der Waals surface area contributed by atoms with Crippen LogP contribution >= 0.6 is 0 Å². The Kier molecular flexibility index (Phi) is 7.41. The summed E-state index contributed by atoms with van der Waals surface area (Å²) in [6.45, 7) is 5.93. The van der Waals surface area contributed by atoms with Gasteiger partial charge in [-0.2, -0.15) is 0 Å². The maximum absolute atomic E-state index is 12.6. The Balaban J connectivity index is 2.13. The lowest BCUT2D eigenvalue weighted by atomic mass is 10.0. The summed E-state index contributed by atoms with van der Waals surface area (Å²) in [6, 6.07) is 13.4. The zero-order valence-electron chi connectivity index (χ0n) is 16.5. The fourth-order valence-electron chi connectivity index (χ4n) is 3.12. The molecule has 27 heavy (non-hydrogen) atoms. The van der Waals surface area contributed by atoms with Crippen molar-refractivity contribution in [3.8, 4) is 5.75 Å². The van der Waals surface area contributed by atoms with Crippen LogP contribution in [0.4, 0.5) is 11.4 Å². The van der Waals surface area contributed by atoms with E-state index in [9.17, 15) is 9.59 Å². The first-order valence-electron chi connectivity index (χ1n) is 9.33. The number of nitrogens with one attached hydrogen (secondary N) is 1. The lowest BCUT2D eigenvalue weighted by Gasteiger charge is -2.23. The number of nitrogens with zero attached hydrogens (tertiary/aromatic N) is 1. The molecule has 0 aliphatic carbocycles. The van der Waals surface area contributed by atoms with Crippen molar-refractivity contribution >= 4 is 23.2 Å². The number of methoxy groups -OCH3 is 1. The van der Waals surface area contributed by atoms with E-state index in [1.165, 1.54) is 6.92 Å². The summed E-state index contributed by atoms with van der Waals surface area (Å²) < 4.78 is 5.35. The average molecular weight is 368 g/mol. The average Bonchev–Trinajstić information content (AvgIpc) is 2.68. The minimum atomic E-state index is -0.129. The molecule has 0 heterocycles. The predicted molar refractivity (Wildman–Crippen MR) is 109 cm³/mol. The third kappa shape index (κ3) is 5.09. The van der Waals surface area contributed by atoms with Gasteiger partial charge < -0.3 is 15.0 Å². The third-order valence-corrected chi connectivity index (χ3v) is 4.58. The van der Waals surface area contributed by atoms with Gasteiger partial charge in [0.15, 0.2) is 0 Å². The monoisotopic (exact) mass is 368 g/mol. The highest BCUT2D eigenvalue weighted by atomic mass is 16.5. The molecule has 0 aliphatic rings. The standard InChI is InChI=1S/C22H28N2O3/c1-5-17-10-9-11-18(6-2)22(17)23-21(26)14-15-24(16(3)25)19-12-7-8-13-20(19)27-4/h7-13H,5-6,14-15H2,1-4H3,(H,23,26). The van der Waals surface area contributed by atoms with Crippen molar-refractivity contribution in [3.05, 3.63) is 53.6 Å². The lowest BCUT2D eigenvalue weighted by Crippen LogP contribution is -2.32. The van der Waals surface area contributed by atoms with Crippen LogP contribution in [0.25, 0.3) is 0 Å². The van der Waals surface area contributed by atoms with Crippen LogP contribution in [0.3, 0.4) is 0 Å². The Morgan fingerprint density at radius 3 is 2.19 bits per heavy atom. The molecule has 0 fully saturated rings. The number of rotatable bonds is 8. The molecule has 0 aliphatic heterocycles. The molecule has 0 spiro atoms. The normalized spacial score (nSPS) is 10.4. The van der Waals surface area contributed by atoms with E-state index in [0.29, 0.717) is 11.4 Å². The van der Waals surface area contributed by atoms with Gasteiger partial charge in [0, 0.05) is 25.6 Å². The molecule has 2 rings (SSSR count). The number of benzene rings is 2. The molecular formula is C22H28N2O3. The van der Waals surface area contributed by atoms with E-state index in [1.54, 1.807) is 18.1 Å². The van der Waals surface area contributed by atoms with E-state index in [4.69, 9.17) is 4.74 Å². The van der Waals surface area contributed by atoms with Crippen LogP contribution < -0.4 is 15.0 Å². The van der Waals surface area contributed by atoms with Gasteiger partial charge in [-0.15, -0.1) is 0 Å². The first-order chi connectivity index (χ1) is 13.0. The number of amides is 2. The molecule has 2 aromatic carbocycles. The van der Waals surface area contributed by atoms with Crippen molar-refractivity contribution in [3.63, 3.8) is 0 Å². The van der Waals surface area contributed by atoms with Crippen molar-refractivity contribution in [1.82, 2.24) is 0 Å². The summed E-state index contributed by atoms with van der Waals surface area (Å²) in [4.78, 5) is 26.3. The summed E-state index contributed by atoms with van der Waals surface area (Å²) in [6.07, 6.45) is 1.91. The summed E-state index contributed by atoms with van der Waals surface area (Å²) in [5.41, 5.74) is 3.81. The van der Waals surface area contributed by atoms with Crippen molar-refractivity contribution in [2.75, 3.05) is 23.9 Å². The van der Waals surface area contributed by atoms with Gasteiger partial charge in [-0.25, -0.2) is 0 Å². The summed E-state index contributed by atoms with van der Waals surface area (Å²) >= 11 is 0. The largest absolute Gasteiger partial charge is 0.495 e. The Labute approximate surface area is 161 Å². The van der Waals surface area contributed by atoms with Crippen molar-refractivity contribution in [2.45, 2.75) is 40.0 Å². The van der Waals surface area contributed by atoms with Gasteiger partial charge in [0.25, 0.3) is 0 Å². The second-order valence-corrected chi connectivity index (χ2v) is 6.30. The molecule has 2 amide bonds. The van der Waals surface area contributed by atoms with Gasteiger partial charge >= 0.3 is 0 Å². The molecule has 144 valence electrons. The van der Waals surface area contributed by atoms with E-state index in [-0.39, 0.29) is 24.8 Å². The lowest BCUT2D eigenvalue weighted by molar-refractivity contribution is -0.117. The number of ether oxygens (including phenoxy) is 1. The zero-order valence-corrected chi connectivity index (χ0v) is 16.5. The number of aryl methyl sites for hydroxylation is 2. The smallest absolute Gasteiger partial charge is 0.226 e. The highest BCUT2D eigenvalue weighted by Gasteiger charge is 2.18. The van der Waals surface area contributed by atoms with Crippen molar-refractivity contribution < 1.29 is 14.3 Å². The Hall–Kier alpha value is -2.82. The van der Waals surface area contributed by atoms with Gasteiger partial charge in [0.05, 0.1) is 12.8 Å². The van der Waals surface area contributed by atoms with Gasteiger partial charge in [-0.05, 0) is 36.1 Å². The summed E-state index contributed by atoms with van der Waals surface area (Å²) in [7, 11) is 1.57. The van der Waals surface area contributed by atoms with Crippen LogP contribution in [-0.2, 0) is 22.4 Å². The Bertz CT molecular complexity index is 780. The van der Waals surface area contributed by atoms with Crippen LogP contribution in [0.1, 0.15) is 38.3 Å². The molecule has 0 aromatic heterocycles. The second kappa shape index (κ2) is 9.76. The molecule has 0 unspecified atom stereocenters. The minimum Gasteiger partial charge on any atom is -0.495 e. The van der Waals surface area contributed by atoms with Gasteiger partial charge in [0.1, 0.15) is 5.75 Å². The topological polar surface area (TPSA) is 58.6 Å². The van der Waals surface area contributed by atoms with Crippen molar-refractivity contribution in [1.29, 1.82) is 0 Å². The number of hydrogen-bond acceptors (Lipinski definition) is 3. The Morgan fingerprint density at radius 1 is 1.00 bits per heavy atom. The van der Waals surface area contributed by atoms with E-state index in [1.807, 2.05) is 36.4 Å². The maximum Gasteiger partial charge on any atom is 0.226 e. The van der Waals surface area contributed by atoms with E-state index >= 15 is 0 Å². The van der Waals surface area contributed by atoms with E-state index in [2.05, 4.69) is 19.2 Å². The first-order valence-corrected chi connectivity index (χ1v) is 9.33. The molecule has 1 N–H and O–H groups in total. The summed E-state index contributed by atoms with van der Waals surface area (Å²) in [5.74, 6) is 0.375. The molecule has 0 bridgehead atoms. The second-order valence-electron chi connectivity index (χ2n) is 6.30. The molecule has 2 aromatic rings. The van der Waals surface area contributed by atoms with Crippen LogP contribution in [0.5, 0.6) is 5.75 Å². The van der Waals surface area contributed by atoms with Crippen LogP contribution in [0.2, 0.25) is 0 Å². The number of carbonyl (C=O) groups is 2. The quantitative estimate of drug-likeness (QED) is 0.760. The molecule has 5 nitrogen and oxygen atoms in total. The van der Waals surface area contributed by atoms with Crippen LogP contribution in [0.15, 0.2) is 42.5 Å². The molecule has 0 saturated heterocycles. The van der Waals surface area contributed by atoms with Gasteiger partial charge in [-0.1, -0.05) is 44.2 Å². The van der Waals surface area contributed by atoms with Crippen LogP contribution in [-0.4, -0.2) is 25.5 Å². The third-order valence-electron chi connectivity index (χ3n) is 4.58.